The van der Waals surface area contributed by atoms with Gasteiger partial charge in [0.2, 0.25) is 0 Å². The Kier molecular flexibility index (Phi) is 5.75. The third-order valence-electron chi connectivity index (χ3n) is 5.50. The lowest BCUT2D eigenvalue weighted by molar-refractivity contribution is 0.573. The van der Waals surface area contributed by atoms with Gasteiger partial charge < -0.3 is 9.88 Å². The number of aromatic nitrogens is 4. The highest BCUT2D eigenvalue weighted by Gasteiger charge is 2.17. The minimum Gasteiger partial charge on any atom is -0.306 e. The van der Waals surface area contributed by atoms with E-state index in [-0.39, 0.29) is 6.04 Å². The fourth-order valence-electron chi connectivity index (χ4n) is 3.56. The maximum atomic E-state index is 6.75. The van der Waals surface area contributed by atoms with Crippen LogP contribution in [0.3, 0.4) is 0 Å². The lowest BCUT2D eigenvalue weighted by atomic mass is 10.1. The van der Waals surface area contributed by atoms with Gasteiger partial charge in [0.25, 0.3) is 0 Å². The van der Waals surface area contributed by atoms with Crippen LogP contribution >= 0.6 is 11.6 Å². The van der Waals surface area contributed by atoms with Crippen molar-refractivity contribution >= 4 is 11.6 Å². The first-order chi connectivity index (χ1) is 14.4. The Morgan fingerprint density at radius 3 is 2.53 bits per heavy atom. The number of hydrogen-bond acceptors (Lipinski definition) is 3. The van der Waals surface area contributed by atoms with Crippen molar-refractivity contribution in [3.8, 4) is 11.4 Å². The number of hydrogen-bond donors (Lipinski definition) is 1. The van der Waals surface area contributed by atoms with E-state index in [9.17, 15) is 0 Å². The SMILES string of the molecule is Cc1ccc(C)c(-n2nc(C)c(CN[C@H](C)c3ccc(-n4ccnc4)cc3)c2Cl)c1. The van der Waals surface area contributed by atoms with E-state index in [2.05, 4.69) is 73.5 Å². The molecule has 2 heterocycles. The molecule has 0 aliphatic carbocycles. The van der Waals surface area contributed by atoms with Crippen LogP contribution in [0.1, 0.15) is 40.9 Å². The van der Waals surface area contributed by atoms with Crippen molar-refractivity contribution < 1.29 is 0 Å². The van der Waals surface area contributed by atoms with Crippen LogP contribution in [-0.2, 0) is 6.54 Å². The summed E-state index contributed by atoms with van der Waals surface area (Å²) in [6.07, 6.45) is 5.52. The Hall–Kier alpha value is -2.89. The summed E-state index contributed by atoms with van der Waals surface area (Å²) in [5, 5.41) is 8.96. The van der Waals surface area contributed by atoms with Crippen molar-refractivity contribution in [1.82, 2.24) is 24.6 Å². The largest absolute Gasteiger partial charge is 0.306 e. The van der Waals surface area contributed by atoms with Gasteiger partial charge in [0, 0.05) is 36.2 Å². The second kappa shape index (κ2) is 8.46. The maximum Gasteiger partial charge on any atom is 0.137 e. The molecule has 2 aromatic carbocycles. The van der Waals surface area contributed by atoms with Gasteiger partial charge in [-0.25, -0.2) is 9.67 Å². The Morgan fingerprint density at radius 2 is 1.83 bits per heavy atom. The lowest BCUT2D eigenvalue weighted by Gasteiger charge is -2.15. The van der Waals surface area contributed by atoms with Crippen LogP contribution < -0.4 is 5.32 Å². The second-order valence-corrected chi connectivity index (χ2v) is 8.08. The Labute approximate surface area is 182 Å². The summed E-state index contributed by atoms with van der Waals surface area (Å²) in [7, 11) is 0. The molecule has 0 saturated heterocycles. The number of imidazole rings is 1. The molecule has 4 aromatic rings. The van der Waals surface area contributed by atoms with Gasteiger partial charge in [-0.2, -0.15) is 5.10 Å². The van der Waals surface area contributed by atoms with E-state index in [0.29, 0.717) is 11.7 Å². The molecule has 0 aliphatic heterocycles. The Bertz CT molecular complexity index is 1140. The molecule has 0 aliphatic rings. The van der Waals surface area contributed by atoms with Crippen molar-refractivity contribution in [3.63, 3.8) is 0 Å². The first-order valence-electron chi connectivity index (χ1n) is 10.1. The van der Waals surface area contributed by atoms with Gasteiger partial charge in [0.1, 0.15) is 5.15 Å². The summed E-state index contributed by atoms with van der Waals surface area (Å²) in [4.78, 5) is 4.10. The average molecular weight is 420 g/mol. The number of benzene rings is 2. The molecule has 0 amide bonds. The molecule has 6 heteroatoms. The highest BCUT2D eigenvalue weighted by Crippen LogP contribution is 2.26. The maximum absolute atomic E-state index is 6.75. The quantitative estimate of drug-likeness (QED) is 0.449. The van der Waals surface area contributed by atoms with Crippen LogP contribution in [0.2, 0.25) is 5.15 Å². The van der Waals surface area contributed by atoms with E-state index in [1.165, 1.54) is 11.1 Å². The fraction of sp³-hybridized carbons (Fsp3) is 0.250. The summed E-state index contributed by atoms with van der Waals surface area (Å²) < 4.78 is 3.84. The number of aryl methyl sites for hydroxylation is 3. The molecule has 0 fully saturated rings. The van der Waals surface area contributed by atoms with Crippen molar-refractivity contribution in [3.05, 3.63) is 94.3 Å². The summed E-state index contributed by atoms with van der Waals surface area (Å²) >= 11 is 6.75. The molecule has 5 nitrogen and oxygen atoms in total. The van der Waals surface area contributed by atoms with Crippen molar-refractivity contribution in [2.45, 2.75) is 40.3 Å². The van der Waals surface area contributed by atoms with Gasteiger partial charge >= 0.3 is 0 Å². The molecule has 1 atom stereocenters. The Morgan fingerprint density at radius 1 is 1.07 bits per heavy atom. The van der Waals surface area contributed by atoms with Gasteiger partial charge in [0.05, 0.1) is 17.7 Å². The van der Waals surface area contributed by atoms with Crippen LogP contribution in [0.4, 0.5) is 0 Å². The minimum atomic E-state index is 0.182. The summed E-state index contributed by atoms with van der Waals surface area (Å²) in [6.45, 7) is 8.98. The highest BCUT2D eigenvalue weighted by molar-refractivity contribution is 6.30. The fourth-order valence-corrected chi connectivity index (χ4v) is 3.89. The summed E-state index contributed by atoms with van der Waals surface area (Å²) in [5.74, 6) is 0. The molecule has 0 unspecified atom stereocenters. The molecule has 0 saturated carbocycles. The Balaban J connectivity index is 1.50. The van der Waals surface area contributed by atoms with Gasteiger partial charge in [-0.3, -0.25) is 0 Å². The summed E-state index contributed by atoms with van der Waals surface area (Å²) in [5.41, 5.74) is 7.64. The second-order valence-electron chi connectivity index (χ2n) is 7.72. The van der Waals surface area contributed by atoms with Crippen molar-refractivity contribution in [2.75, 3.05) is 0 Å². The molecule has 30 heavy (non-hydrogen) atoms. The molecular formula is C24H26ClN5. The first kappa shape index (κ1) is 20.4. The average Bonchev–Trinajstić information content (AvgIpc) is 3.37. The molecule has 2 aromatic heterocycles. The third-order valence-corrected chi connectivity index (χ3v) is 5.88. The highest BCUT2D eigenvalue weighted by atomic mass is 35.5. The topological polar surface area (TPSA) is 47.7 Å². The summed E-state index contributed by atoms with van der Waals surface area (Å²) in [6, 6.07) is 15.0. The monoisotopic (exact) mass is 419 g/mol. The predicted octanol–water partition coefficient (Wildman–Crippen LogP) is 5.49. The van der Waals surface area contributed by atoms with E-state index < -0.39 is 0 Å². The minimum absolute atomic E-state index is 0.182. The van der Waals surface area contributed by atoms with E-state index in [0.717, 1.165) is 28.2 Å². The molecule has 4 rings (SSSR count). The zero-order chi connectivity index (χ0) is 21.3. The van der Waals surface area contributed by atoms with Gasteiger partial charge in [0.15, 0.2) is 0 Å². The van der Waals surface area contributed by atoms with Gasteiger partial charge in [-0.15, -0.1) is 0 Å². The third kappa shape index (κ3) is 4.04. The van der Waals surface area contributed by atoms with Crippen molar-refractivity contribution in [1.29, 1.82) is 0 Å². The molecule has 0 bridgehead atoms. The first-order valence-corrected chi connectivity index (χ1v) is 10.4. The number of nitrogens with zero attached hydrogens (tertiary/aromatic N) is 4. The molecule has 1 N–H and O–H groups in total. The molecule has 0 spiro atoms. The van der Waals surface area contributed by atoms with Crippen LogP contribution in [0.15, 0.2) is 61.2 Å². The smallest absolute Gasteiger partial charge is 0.137 e. The van der Waals surface area contributed by atoms with E-state index in [1.54, 1.807) is 12.5 Å². The van der Waals surface area contributed by atoms with Crippen LogP contribution in [0.25, 0.3) is 11.4 Å². The standard InChI is InChI=1S/C24H26ClN5/c1-16-5-6-17(2)23(13-16)30-24(25)22(19(4)28-30)14-27-18(3)20-7-9-21(10-8-20)29-12-11-26-15-29/h5-13,15,18,27H,14H2,1-4H3/t18-/m1/s1. The van der Waals surface area contributed by atoms with E-state index in [4.69, 9.17) is 16.7 Å². The number of rotatable bonds is 6. The molecular weight excluding hydrogens is 394 g/mol. The molecule has 154 valence electrons. The van der Waals surface area contributed by atoms with Crippen molar-refractivity contribution in [2.24, 2.45) is 0 Å². The number of nitrogens with one attached hydrogen (secondary N) is 1. The van der Waals surface area contributed by atoms with E-state index in [1.807, 2.05) is 22.4 Å². The predicted molar refractivity (Wildman–Crippen MR) is 122 cm³/mol. The molecule has 0 radical (unpaired) electrons. The van der Waals surface area contributed by atoms with E-state index >= 15 is 0 Å². The van der Waals surface area contributed by atoms with Crippen LogP contribution in [0, 0.1) is 20.8 Å². The zero-order valence-electron chi connectivity index (χ0n) is 17.7. The zero-order valence-corrected chi connectivity index (χ0v) is 18.5. The van der Waals surface area contributed by atoms with Gasteiger partial charge in [-0.1, -0.05) is 35.9 Å². The van der Waals surface area contributed by atoms with Gasteiger partial charge in [-0.05, 0) is 62.6 Å². The van der Waals surface area contributed by atoms with Crippen LogP contribution in [-0.4, -0.2) is 19.3 Å². The normalized spacial score (nSPS) is 12.3. The lowest BCUT2D eigenvalue weighted by Crippen LogP contribution is -2.18. The number of halogens is 1. The van der Waals surface area contributed by atoms with Crippen LogP contribution in [0.5, 0.6) is 0 Å².